The Kier molecular flexibility index (Phi) is 44.3. The molecule has 586 valence electrons. The van der Waals surface area contributed by atoms with E-state index in [2.05, 4.69) is 79.1 Å². The van der Waals surface area contributed by atoms with Gasteiger partial charge in [-0.05, 0) is 109 Å². The molecule has 0 aliphatic carbocycles. The van der Waals surface area contributed by atoms with Gasteiger partial charge in [0.1, 0.15) is 54.4 Å². The number of aliphatic imine (C=N–C) groups is 2. The van der Waals surface area contributed by atoms with Crippen molar-refractivity contribution in [3.63, 3.8) is 0 Å². The molecule has 2 aromatic rings. The van der Waals surface area contributed by atoms with E-state index in [1.54, 1.807) is 30.3 Å². The maximum absolute atomic E-state index is 14.1. The van der Waals surface area contributed by atoms with Gasteiger partial charge in [0.25, 0.3) is 0 Å². The van der Waals surface area contributed by atoms with Crippen LogP contribution in [0.5, 0.6) is 0 Å². The average molecular weight is 1500 g/mol. The van der Waals surface area contributed by atoms with E-state index in [4.69, 9.17) is 50.0 Å². The molecule has 2 rings (SSSR count). The van der Waals surface area contributed by atoms with Gasteiger partial charge in [-0.2, -0.15) is 13.2 Å². The van der Waals surface area contributed by atoms with Crippen LogP contribution in [-0.2, 0) is 80.1 Å². The fraction of sp³-hybridized carbons (Fsp3) is 0.556. The van der Waals surface area contributed by atoms with Crippen LogP contribution in [0.2, 0.25) is 0 Å². The highest BCUT2D eigenvalue weighted by molar-refractivity contribution is 5.99. The number of halogens is 3. The molecule has 0 fully saturated rings. The zero-order valence-corrected chi connectivity index (χ0v) is 58.5. The number of alkyl halides is 3. The first-order valence-corrected chi connectivity index (χ1v) is 33.2. The van der Waals surface area contributed by atoms with E-state index in [0.29, 0.717) is 37.9 Å². The van der Waals surface area contributed by atoms with Gasteiger partial charge in [0.2, 0.25) is 76.8 Å². The second-order valence-electron chi connectivity index (χ2n) is 23.6. The van der Waals surface area contributed by atoms with Crippen LogP contribution in [-0.4, -0.2) is 236 Å². The Morgan fingerprint density at radius 1 is 0.438 bits per heavy atom. The number of aliphatic hydroxyl groups excluding tert-OH is 2. The molecule has 30 N–H and O–H groups in total. The molecule has 42 heteroatoms. The number of primary amides is 1. The Bertz CT molecular complexity index is 3210. The molecule has 0 saturated carbocycles. The molecule has 0 radical (unpaired) electrons. The quantitative estimate of drug-likeness (QED) is 0.0166. The number of carboxylic acid groups (broad SMARTS) is 1. The molecule has 0 heterocycles. The third-order valence-electron chi connectivity index (χ3n) is 14.7. The van der Waals surface area contributed by atoms with Crippen molar-refractivity contribution < 1.29 is 95.6 Å². The van der Waals surface area contributed by atoms with Crippen molar-refractivity contribution in [1.82, 2.24) is 69.1 Å². The molecule has 0 aliphatic heterocycles. The lowest BCUT2D eigenvalue weighted by molar-refractivity contribution is -0.192. The molecule has 10 atom stereocenters. The van der Waals surface area contributed by atoms with Gasteiger partial charge in [-0.15, -0.1) is 0 Å². The number of carbonyl (C=O) groups is 14. The Labute approximate surface area is 603 Å². The number of nitrogens with two attached hydrogens (primary N) is 7. The van der Waals surface area contributed by atoms with Crippen LogP contribution < -0.4 is 109 Å². The number of amides is 13. The number of rotatable bonds is 48. The van der Waals surface area contributed by atoms with Crippen LogP contribution >= 0.6 is 0 Å². The fourth-order valence-electron chi connectivity index (χ4n) is 9.07. The van der Waals surface area contributed by atoms with Gasteiger partial charge in [-0.1, -0.05) is 60.7 Å². The van der Waals surface area contributed by atoms with E-state index in [1.165, 1.54) is 20.8 Å². The third kappa shape index (κ3) is 40.6. The van der Waals surface area contributed by atoms with Crippen molar-refractivity contribution in [2.75, 3.05) is 59.0 Å². The van der Waals surface area contributed by atoms with E-state index < -0.39 is 176 Å². The maximum atomic E-state index is 14.1. The summed E-state index contributed by atoms with van der Waals surface area (Å²) in [5, 5.41) is 60.2. The number of aliphatic carboxylic acids is 1. The number of nitrogens with zero attached hydrogens (tertiary/aromatic N) is 2. The number of benzene rings is 2. The van der Waals surface area contributed by atoms with E-state index in [1.807, 2.05) is 30.3 Å². The van der Waals surface area contributed by atoms with Crippen molar-refractivity contribution in [2.45, 2.75) is 165 Å². The van der Waals surface area contributed by atoms with Crippen LogP contribution in [0.3, 0.4) is 0 Å². The van der Waals surface area contributed by atoms with Gasteiger partial charge in [-0.25, -0.2) is 4.79 Å². The first-order valence-electron chi connectivity index (χ1n) is 33.2. The summed E-state index contributed by atoms with van der Waals surface area (Å²) in [5.41, 5.74) is 40.1. The minimum Gasteiger partial charge on any atom is -0.475 e. The van der Waals surface area contributed by atoms with Crippen LogP contribution in [0, 0.1) is 0 Å². The molecule has 0 spiro atoms. The zero-order valence-electron chi connectivity index (χ0n) is 58.5. The summed E-state index contributed by atoms with van der Waals surface area (Å²) in [6, 6.07) is 4.80. The monoisotopic (exact) mass is 1490 g/mol. The minimum absolute atomic E-state index is 0.0228. The largest absolute Gasteiger partial charge is 0.490 e. The molecule has 13 amide bonds. The summed E-state index contributed by atoms with van der Waals surface area (Å²) < 4.78 is 31.7. The summed E-state index contributed by atoms with van der Waals surface area (Å²) in [6.07, 6.45) is -5.02. The van der Waals surface area contributed by atoms with Crippen molar-refractivity contribution in [1.29, 1.82) is 0 Å². The third-order valence-corrected chi connectivity index (χ3v) is 14.7. The molecular weight excluding hydrogens is 1390 g/mol. The topological polar surface area (TPSA) is 663 Å². The second-order valence-corrected chi connectivity index (χ2v) is 23.6. The number of carboxylic acids is 1. The Morgan fingerprint density at radius 2 is 0.819 bits per heavy atom. The molecular formula is C63H101F3N22O17. The van der Waals surface area contributed by atoms with Crippen molar-refractivity contribution in [2.24, 2.45) is 50.1 Å². The molecule has 0 saturated heterocycles. The number of aliphatic hydroxyl groups is 2. The fourth-order valence-corrected chi connectivity index (χ4v) is 9.07. The first kappa shape index (κ1) is 92.2. The predicted octanol–water partition coefficient (Wildman–Crippen LogP) is -8.37. The highest BCUT2D eigenvalue weighted by Gasteiger charge is 2.39. The Hall–Kier alpha value is -10.8. The smallest absolute Gasteiger partial charge is 0.475 e. The standard InChI is InChI=1S/C61H100N22O15.C2HF3O2/c1-35(75-48(88)33-74-59(98)50(37(3)85)83-57(96)44(28-38-16-6-4-7-17-38)77-49(89)32-73-47(87)31-72-46(86)30-69-29-39-18-8-5-9-19-39)52(91)79-43(23-15-27-71-61(67)68)55(94)81-41(21-11-13-25-63)56(95)82-45(34-84)58(97)76-36(2)53(92)80-42(22-14-26-70-60(65)66)54(93)78-40(51(64)90)20-10-12-24-62;3-2(4,5)1(6)7/h4-9,16-19,35-37,40-45,50,69,84-85H,10-15,20-34,62-63H2,1-3H3,(H2,64,90)(H,72,86)(H,73,87)(H,74,98)(H,75,88)(H,76,97)(H,77,89)(H,78,93)(H,79,91)(H,80,92)(H,81,94)(H,82,95)(H,83,96)(H4,65,66,70)(H4,67,68,71);(H,6,7)/t35-,36-,37+,40-,41-,42-,43-,44-,45-,50-;/m0./s1. The van der Waals surface area contributed by atoms with E-state index in [-0.39, 0.29) is 89.5 Å². The Balaban J connectivity index is 0.00000746. The van der Waals surface area contributed by atoms with Crippen molar-refractivity contribution in [3.8, 4) is 0 Å². The van der Waals surface area contributed by atoms with Gasteiger partial charge in [0, 0.05) is 26.1 Å². The number of unbranched alkanes of at least 4 members (excludes halogenated alkanes) is 2. The zero-order chi connectivity index (χ0) is 79.2. The second kappa shape index (κ2) is 50.5. The van der Waals surface area contributed by atoms with Crippen molar-refractivity contribution >= 4 is 94.7 Å². The number of hydrogen-bond acceptors (Lipinski definition) is 21. The highest BCUT2D eigenvalue weighted by Crippen LogP contribution is 2.14. The molecule has 0 aromatic heterocycles. The molecule has 105 heavy (non-hydrogen) atoms. The Morgan fingerprint density at radius 3 is 1.27 bits per heavy atom. The van der Waals surface area contributed by atoms with E-state index in [9.17, 15) is 85.7 Å². The van der Waals surface area contributed by atoms with Crippen LogP contribution in [0.4, 0.5) is 13.2 Å². The average Bonchev–Trinajstić information content (AvgIpc) is 0.868. The van der Waals surface area contributed by atoms with Crippen LogP contribution in [0.15, 0.2) is 70.6 Å². The van der Waals surface area contributed by atoms with Gasteiger partial charge in [0.15, 0.2) is 11.9 Å². The maximum Gasteiger partial charge on any atom is 0.490 e. The van der Waals surface area contributed by atoms with E-state index in [0.717, 1.165) is 5.56 Å². The lowest BCUT2D eigenvalue weighted by atomic mass is 10.0. The molecule has 39 nitrogen and oxygen atoms in total. The normalized spacial score (nSPS) is 13.7. The van der Waals surface area contributed by atoms with Gasteiger partial charge in [-0.3, -0.25) is 72.3 Å². The van der Waals surface area contributed by atoms with Crippen molar-refractivity contribution in [3.05, 3.63) is 71.8 Å². The molecule has 2 aromatic carbocycles. The lowest BCUT2D eigenvalue weighted by Crippen LogP contribution is -2.60. The van der Waals surface area contributed by atoms with Gasteiger partial charge in [0.05, 0.1) is 38.9 Å². The van der Waals surface area contributed by atoms with Gasteiger partial charge < -0.3 is 125 Å². The molecule has 0 aliphatic rings. The molecule has 0 bridgehead atoms. The SMILES string of the molecule is C[C@H](NC(=O)CNC(=O)[C@@H](NC(=O)[C@H](Cc1ccccc1)NC(=O)CNC(=O)CNC(=O)CNCc1ccccc1)[C@@H](C)O)C(=O)N[C@@H](CCCN=C(N)N)C(=O)N[C@@H](CCCCN)C(=O)N[C@@H](CO)C(=O)N[C@@H](C)C(=O)N[C@@H](CCCN=C(N)N)C(=O)N[C@@H](CCCCN)C(N)=O.O=C(O)C(F)(F)F. The number of nitrogens with one attached hydrogen (secondary N) is 13. The van der Waals surface area contributed by atoms with E-state index >= 15 is 0 Å². The predicted molar refractivity (Wildman–Crippen MR) is 373 cm³/mol. The van der Waals surface area contributed by atoms with Crippen LogP contribution in [0.1, 0.15) is 96.1 Å². The number of guanidine groups is 2. The van der Waals surface area contributed by atoms with Gasteiger partial charge >= 0.3 is 12.1 Å². The first-order chi connectivity index (χ1) is 49.5. The minimum atomic E-state index is -5.08. The summed E-state index contributed by atoms with van der Waals surface area (Å²) >= 11 is 0. The summed E-state index contributed by atoms with van der Waals surface area (Å²) in [6.45, 7) is 1.66. The summed E-state index contributed by atoms with van der Waals surface area (Å²) in [7, 11) is 0. The molecule has 0 unspecified atom stereocenters. The van der Waals surface area contributed by atoms with Crippen LogP contribution in [0.25, 0.3) is 0 Å². The highest BCUT2D eigenvalue weighted by atomic mass is 19.4. The lowest BCUT2D eigenvalue weighted by Gasteiger charge is -2.26. The summed E-state index contributed by atoms with van der Waals surface area (Å²) in [4.78, 5) is 190. The summed E-state index contributed by atoms with van der Waals surface area (Å²) in [5.74, 6) is -14.6. The number of hydrogen-bond donors (Lipinski definition) is 23. The number of carbonyl (C=O) groups excluding carboxylic acids is 13.